The fourth-order valence-corrected chi connectivity index (χ4v) is 6.11. The minimum absolute atomic E-state index is 0.130. The molecule has 1 aliphatic carbocycles. The van der Waals surface area contributed by atoms with Gasteiger partial charge in [0.25, 0.3) is 11.8 Å². The number of benzene rings is 2. The summed E-state index contributed by atoms with van der Waals surface area (Å²) in [5.41, 5.74) is 3.49. The van der Waals surface area contributed by atoms with Crippen LogP contribution >= 0.6 is 11.3 Å². The lowest BCUT2D eigenvalue weighted by Gasteiger charge is -2.13. The SMILES string of the molecule is CS(=O)(=O)Cc1cccc(C(=O)Nc2sc3c(c2C(=O)NCc2ccccc2)CCCC3)c1. The van der Waals surface area contributed by atoms with Gasteiger partial charge < -0.3 is 10.6 Å². The Kier molecular flexibility index (Phi) is 6.95. The third-order valence-corrected chi connectivity index (χ3v) is 7.60. The first-order chi connectivity index (χ1) is 15.8. The Morgan fingerprint density at radius 2 is 1.67 bits per heavy atom. The van der Waals surface area contributed by atoms with Gasteiger partial charge in [0, 0.05) is 23.2 Å². The molecule has 1 aromatic heterocycles. The minimum atomic E-state index is -3.21. The summed E-state index contributed by atoms with van der Waals surface area (Å²) in [5.74, 6) is -0.686. The molecular formula is C25H26N2O4S2. The van der Waals surface area contributed by atoms with Crippen molar-refractivity contribution in [3.63, 3.8) is 0 Å². The van der Waals surface area contributed by atoms with Crippen LogP contribution in [0.4, 0.5) is 5.00 Å². The molecule has 6 nitrogen and oxygen atoms in total. The molecule has 2 amide bonds. The van der Waals surface area contributed by atoms with Crippen LogP contribution in [0.25, 0.3) is 0 Å². The zero-order chi connectivity index (χ0) is 23.4. The molecule has 172 valence electrons. The van der Waals surface area contributed by atoms with Gasteiger partial charge in [0.05, 0.1) is 11.3 Å². The zero-order valence-corrected chi connectivity index (χ0v) is 20.0. The largest absolute Gasteiger partial charge is 0.348 e. The van der Waals surface area contributed by atoms with E-state index in [0.717, 1.165) is 47.9 Å². The predicted molar refractivity (Wildman–Crippen MR) is 132 cm³/mol. The maximum Gasteiger partial charge on any atom is 0.256 e. The van der Waals surface area contributed by atoms with Crippen molar-refractivity contribution in [3.05, 3.63) is 87.3 Å². The first-order valence-electron chi connectivity index (χ1n) is 10.8. The topological polar surface area (TPSA) is 92.3 Å². The van der Waals surface area contributed by atoms with E-state index in [1.54, 1.807) is 24.3 Å². The summed E-state index contributed by atoms with van der Waals surface area (Å²) < 4.78 is 23.3. The van der Waals surface area contributed by atoms with Crippen molar-refractivity contribution in [2.24, 2.45) is 0 Å². The van der Waals surface area contributed by atoms with Gasteiger partial charge in [0.15, 0.2) is 9.84 Å². The van der Waals surface area contributed by atoms with E-state index >= 15 is 0 Å². The summed E-state index contributed by atoms with van der Waals surface area (Å²) in [6.07, 6.45) is 4.97. The molecule has 0 saturated heterocycles. The number of fused-ring (bicyclic) bond motifs is 1. The second kappa shape index (κ2) is 9.89. The van der Waals surface area contributed by atoms with E-state index in [1.165, 1.54) is 11.3 Å². The van der Waals surface area contributed by atoms with Crippen LogP contribution in [0.5, 0.6) is 0 Å². The van der Waals surface area contributed by atoms with E-state index in [1.807, 2.05) is 30.3 Å². The Morgan fingerprint density at radius 3 is 2.42 bits per heavy atom. The van der Waals surface area contributed by atoms with E-state index in [0.29, 0.717) is 28.2 Å². The highest BCUT2D eigenvalue weighted by atomic mass is 32.2. The van der Waals surface area contributed by atoms with Crippen molar-refractivity contribution >= 4 is 38.0 Å². The molecule has 4 rings (SSSR count). The van der Waals surface area contributed by atoms with Crippen LogP contribution in [0.3, 0.4) is 0 Å². The second-order valence-corrected chi connectivity index (χ2v) is 11.6. The standard InChI is InChI=1S/C25H26N2O4S2/c1-33(30,31)16-18-10-7-11-19(14-18)23(28)27-25-22(20-12-5-6-13-21(20)32-25)24(29)26-15-17-8-3-2-4-9-17/h2-4,7-11,14H,5-6,12-13,15-16H2,1H3,(H,26,29)(H,27,28). The van der Waals surface area contributed by atoms with Crippen molar-refractivity contribution in [2.45, 2.75) is 38.0 Å². The monoisotopic (exact) mass is 482 g/mol. The number of sulfone groups is 1. The Hall–Kier alpha value is -2.97. The molecule has 0 bridgehead atoms. The molecule has 0 atom stereocenters. The number of aryl methyl sites for hydroxylation is 1. The minimum Gasteiger partial charge on any atom is -0.348 e. The van der Waals surface area contributed by atoms with Gasteiger partial charge in [0.1, 0.15) is 5.00 Å². The van der Waals surface area contributed by atoms with Gasteiger partial charge in [-0.15, -0.1) is 11.3 Å². The van der Waals surface area contributed by atoms with Crippen LogP contribution in [-0.4, -0.2) is 26.5 Å². The molecular weight excluding hydrogens is 456 g/mol. The molecule has 0 radical (unpaired) electrons. The number of thiophene rings is 1. The van der Waals surface area contributed by atoms with Crippen molar-refractivity contribution in [1.82, 2.24) is 5.32 Å². The second-order valence-electron chi connectivity index (χ2n) is 8.31. The van der Waals surface area contributed by atoms with E-state index in [-0.39, 0.29) is 17.6 Å². The summed E-state index contributed by atoms with van der Waals surface area (Å²) in [6.45, 7) is 0.408. The number of amides is 2. The van der Waals surface area contributed by atoms with E-state index in [2.05, 4.69) is 10.6 Å². The summed E-state index contributed by atoms with van der Waals surface area (Å²) >= 11 is 1.46. The molecule has 0 spiro atoms. The molecule has 0 aliphatic heterocycles. The Balaban J connectivity index is 1.57. The van der Waals surface area contributed by atoms with Crippen molar-refractivity contribution in [1.29, 1.82) is 0 Å². The lowest BCUT2D eigenvalue weighted by Crippen LogP contribution is -2.25. The van der Waals surface area contributed by atoms with Crippen LogP contribution < -0.4 is 10.6 Å². The Morgan fingerprint density at radius 1 is 0.939 bits per heavy atom. The fraction of sp³-hybridized carbons (Fsp3) is 0.280. The zero-order valence-electron chi connectivity index (χ0n) is 18.4. The lowest BCUT2D eigenvalue weighted by atomic mass is 9.95. The van der Waals surface area contributed by atoms with Crippen molar-refractivity contribution in [3.8, 4) is 0 Å². The molecule has 3 aromatic rings. The van der Waals surface area contributed by atoms with Crippen LogP contribution in [0.2, 0.25) is 0 Å². The van der Waals surface area contributed by atoms with Crippen molar-refractivity contribution in [2.75, 3.05) is 11.6 Å². The number of hydrogen-bond acceptors (Lipinski definition) is 5. The summed E-state index contributed by atoms with van der Waals surface area (Å²) in [6, 6.07) is 16.3. The molecule has 1 heterocycles. The number of anilines is 1. The molecule has 1 aliphatic rings. The molecule has 0 fully saturated rings. The maximum atomic E-state index is 13.2. The number of carbonyl (C=O) groups excluding carboxylic acids is 2. The van der Waals surface area contributed by atoms with Gasteiger partial charge in [-0.2, -0.15) is 0 Å². The van der Waals surface area contributed by atoms with Gasteiger partial charge in [-0.3, -0.25) is 9.59 Å². The van der Waals surface area contributed by atoms with Crippen LogP contribution in [0.1, 0.15) is 55.1 Å². The third kappa shape index (κ3) is 5.89. The Labute approximate surface area is 198 Å². The number of nitrogens with one attached hydrogen (secondary N) is 2. The van der Waals surface area contributed by atoms with Gasteiger partial charge >= 0.3 is 0 Å². The van der Waals surface area contributed by atoms with Crippen LogP contribution in [0.15, 0.2) is 54.6 Å². The maximum absolute atomic E-state index is 13.2. The number of carbonyl (C=O) groups is 2. The highest BCUT2D eigenvalue weighted by molar-refractivity contribution is 7.89. The third-order valence-electron chi connectivity index (χ3n) is 5.54. The highest BCUT2D eigenvalue weighted by Gasteiger charge is 2.26. The molecule has 0 saturated carbocycles. The Bertz CT molecular complexity index is 1280. The molecule has 0 unspecified atom stereocenters. The molecule has 2 N–H and O–H groups in total. The molecule has 33 heavy (non-hydrogen) atoms. The highest BCUT2D eigenvalue weighted by Crippen LogP contribution is 2.38. The van der Waals surface area contributed by atoms with E-state index in [4.69, 9.17) is 0 Å². The predicted octanol–water partition coefficient (Wildman–Crippen LogP) is 4.35. The normalized spacial score (nSPS) is 13.2. The molecule has 8 heteroatoms. The summed E-state index contributed by atoms with van der Waals surface area (Å²) in [5, 5.41) is 6.46. The average Bonchev–Trinajstić information content (AvgIpc) is 3.15. The van der Waals surface area contributed by atoms with Crippen LogP contribution in [0, 0.1) is 0 Å². The lowest BCUT2D eigenvalue weighted by molar-refractivity contribution is 0.0951. The first kappa shape index (κ1) is 23.2. The fourth-order valence-electron chi connectivity index (χ4n) is 4.04. The summed E-state index contributed by atoms with van der Waals surface area (Å²) in [7, 11) is -3.21. The van der Waals surface area contributed by atoms with Crippen LogP contribution in [-0.2, 0) is 35.0 Å². The summed E-state index contributed by atoms with van der Waals surface area (Å²) in [4.78, 5) is 27.3. The number of hydrogen-bond donors (Lipinski definition) is 2. The average molecular weight is 483 g/mol. The van der Waals surface area contributed by atoms with Gasteiger partial charge in [-0.25, -0.2) is 8.42 Å². The molecule has 2 aromatic carbocycles. The van der Waals surface area contributed by atoms with Gasteiger partial charge in [0.2, 0.25) is 0 Å². The quantitative estimate of drug-likeness (QED) is 0.524. The number of rotatable bonds is 7. The van der Waals surface area contributed by atoms with Crippen molar-refractivity contribution < 1.29 is 18.0 Å². The smallest absolute Gasteiger partial charge is 0.256 e. The van der Waals surface area contributed by atoms with Gasteiger partial charge in [-0.1, -0.05) is 42.5 Å². The van der Waals surface area contributed by atoms with E-state index in [9.17, 15) is 18.0 Å². The van der Waals surface area contributed by atoms with Gasteiger partial charge in [-0.05, 0) is 54.5 Å². The first-order valence-corrected chi connectivity index (χ1v) is 13.7. The van der Waals surface area contributed by atoms with E-state index < -0.39 is 9.84 Å².